The summed E-state index contributed by atoms with van der Waals surface area (Å²) in [7, 11) is 1.64. The molecule has 0 unspecified atom stereocenters. The van der Waals surface area contributed by atoms with Gasteiger partial charge >= 0.3 is 5.97 Å². The number of aromatic nitrogens is 1. The molecule has 1 heterocycles. The van der Waals surface area contributed by atoms with E-state index in [0.717, 1.165) is 11.3 Å². The van der Waals surface area contributed by atoms with Gasteiger partial charge in [0.2, 0.25) is 0 Å². The minimum atomic E-state index is -0.966. The van der Waals surface area contributed by atoms with Crippen molar-refractivity contribution in [2.75, 3.05) is 12.4 Å². The van der Waals surface area contributed by atoms with Gasteiger partial charge in [0, 0.05) is 18.5 Å². The van der Waals surface area contributed by atoms with Crippen LogP contribution >= 0.6 is 0 Å². The Morgan fingerprint density at radius 3 is 2.85 bits per heavy atom. The number of anilines is 2. The molecule has 0 amide bonds. The second-order valence-corrected chi connectivity index (χ2v) is 4.45. The standard InChI is InChI=1S/C15H16N2O3/c1-10-6-12(15(18)19)8-14(16-10)17-13-5-3-4-11(7-13)9-20-2/h3-8H,9H2,1-2H3,(H,16,17)(H,18,19). The van der Waals surface area contributed by atoms with Crippen LogP contribution in [0.25, 0.3) is 0 Å². The first kappa shape index (κ1) is 14.0. The SMILES string of the molecule is COCc1cccc(Nc2cc(C(=O)O)cc(C)n2)c1. The van der Waals surface area contributed by atoms with Gasteiger partial charge in [0.1, 0.15) is 5.82 Å². The van der Waals surface area contributed by atoms with Gasteiger partial charge in [-0.15, -0.1) is 0 Å². The molecule has 0 aliphatic carbocycles. The van der Waals surface area contributed by atoms with E-state index in [1.807, 2.05) is 24.3 Å². The Morgan fingerprint density at radius 2 is 2.15 bits per heavy atom. The number of nitrogens with zero attached hydrogens (tertiary/aromatic N) is 1. The predicted molar refractivity (Wildman–Crippen MR) is 76.4 cm³/mol. The van der Waals surface area contributed by atoms with E-state index in [4.69, 9.17) is 9.84 Å². The van der Waals surface area contributed by atoms with E-state index in [-0.39, 0.29) is 5.56 Å². The molecule has 0 fully saturated rings. The highest BCUT2D eigenvalue weighted by Gasteiger charge is 2.07. The van der Waals surface area contributed by atoms with Crippen molar-refractivity contribution in [1.82, 2.24) is 4.98 Å². The van der Waals surface area contributed by atoms with Crippen molar-refractivity contribution in [3.05, 3.63) is 53.2 Å². The predicted octanol–water partition coefficient (Wildman–Crippen LogP) is 2.98. The summed E-state index contributed by atoms with van der Waals surface area (Å²) in [5, 5.41) is 12.2. The largest absolute Gasteiger partial charge is 0.478 e. The van der Waals surface area contributed by atoms with Crippen molar-refractivity contribution in [3.63, 3.8) is 0 Å². The Bertz CT molecular complexity index is 626. The number of ether oxygens (including phenoxy) is 1. The van der Waals surface area contributed by atoms with E-state index in [0.29, 0.717) is 18.1 Å². The fourth-order valence-corrected chi connectivity index (χ4v) is 1.91. The van der Waals surface area contributed by atoms with Crippen LogP contribution in [0.3, 0.4) is 0 Å². The monoisotopic (exact) mass is 272 g/mol. The molecule has 0 bridgehead atoms. The maximum absolute atomic E-state index is 11.0. The summed E-state index contributed by atoms with van der Waals surface area (Å²) in [5.74, 6) is -0.455. The number of nitrogens with one attached hydrogen (secondary N) is 1. The zero-order valence-corrected chi connectivity index (χ0v) is 11.4. The highest BCUT2D eigenvalue weighted by molar-refractivity contribution is 5.88. The third kappa shape index (κ3) is 3.55. The number of rotatable bonds is 5. The second-order valence-electron chi connectivity index (χ2n) is 4.45. The topological polar surface area (TPSA) is 71.5 Å². The Labute approximate surface area is 117 Å². The molecule has 0 atom stereocenters. The van der Waals surface area contributed by atoms with Crippen molar-refractivity contribution in [3.8, 4) is 0 Å². The van der Waals surface area contributed by atoms with Crippen LogP contribution in [0.5, 0.6) is 0 Å². The summed E-state index contributed by atoms with van der Waals surface area (Å²) in [5.41, 5.74) is 2.74. The number of hydrogen-bond acceptors (Lipinski definition) is 4. The number of aromatic carboxylic acids is 1. The molecule has 0 aliphatic heterocycles. The molecule has 2 rings (SSSR count). The molecule has 5 heteroatoms. The zero-order valence-electron chi connectivity index (χ0n) is 11.4. The smallest absolute Gasteiger partial charge is 0.335 e. The van der Waals surface area contributed by atoms with E-state index in [1.54, 1.807) is 14.0 Å². The van der Waals surface area contributed by atoms with E-state index in [2.05, 4.69) is 10.3 Å². The number of carboxylic acid groups (broad SMARTS) is 1. The minimum Gasteiger partial charge on any atom is -0.478 e. The molecule has 104 valence electrons. The normalized spacial score (nSPS) is 10.3. The maximum atomic E-state index is 11.0. The lowest BCUT2D eigenvalue weighted by molar-refractivity contribution is 0.0696. The molecule has 1 aromatic carbocycles. The summed E-state index contributed by atoms with van der Waals surface area (Å²) in [6.07, 6.45) is 0. The second kappa shape index (κ2) is 6.16. The summed E-state index contributed by atoms with van der Waals surface area (Å²) in [6, 6.07) is 10.7. The zero-order chi connectivity index (χ0) is 14.5. The van der Waals surface area contributed by atoms with Crippen molar-refractivity contribution in [1.29, 1.82) is 0 Å². The lowest BCUT2D eigenvalue weighted by atomic mass is 10.2. The Hall–Kier alpha value is -2.40. The Balaban J connectivity index is 2.25. The van der Waals surface area contributed by atoms with E-state index in [9.17, 15) is 4.79 Å². The first-order chi connectivity index (χ1) is 9.58. The van der Waals surface area contributed by atoms with Crippen LogP contribution in [-0.4, -0.2) is 23.2 Å². The molecular formula is C15H16N2O3. The minimum absolute atomic E-state index is 0.216. The highest BCUT2D eigenvalue weighted by atomic mass is 16.5. The average Bonchev–Trinajstić information content (AvgIpc) is 2.38. The quantitative estimate of drug-likeness (QED) is 0.875. The molecule has 0 saturated heterocycles. The average molecular weight is 272 g/mol. The van der Waals surface area contributed by atoms with Gasteiger partial charge in [-0.3, -0.25) is 0 Å². The molecule has 0 radical (unpaired) electrons. The molecular weight excluding hydrogens is 256 g/mol. The van der Waals surface area contributed by atoms with Gasteiger partial charge in [0.25, 0.3) is 0 Å². The van der Waals surface area contributed by atoms with Crippen molar-refractivity contribution in [2.45, 2.75) is 13.5 Å². The van der Waals surface area contributed by atoms with E-state index in [1.165, 1.54) is 12.1 Å². The maximum Gasteiger partial charge on any atom is 0.335 e. The van der Waals surface area contributed by atoms with Crippen LogP contribution in [0.4, 0.5) is 11.5 Å². The molecule has 5 nitrogen and oxygen atoms in total. The van der Waals surface area contributed by atoms with Gasteiger partial charge in [-0.25, -0.2) is 9.78 Å². The van der Waals surface area contributed by atoms with Gasteiger partial charge in [0.05, 0.1) is 12.2 Å². The third-order valence-electron chi connectivity index (χ3n) is 2.71. The number of pyridine rings is 1. The first-order valence-corrected chi connectivity index (χ1v) is 6.15. The molecule has 0 spiro atoms. The summed E-state index contributed by atoms with van der Waals surface area (Å²) < 4.78 is 5.08. The third-order valence-corrected chi connectivity index (χ3v) is 2.71. The van der Waals surface area contributed by atoms with Crippen LogP contribution in [0.15, 0.2) is 36.4 Å². The number of benzene rings is 1. The molecule has 0 aliphatic rings. The van der Waals surface area contributed by atoms with Crippen LogP contribution < -0.4 is 5.32 Å². The lowest BCUT2D eigenvalue weighted by Crippen LogP contribution is -2.02. The van der Waals surface area contributed by atoms with Gasteiger partial charge in [0.15, 0.2) is 0 Å². The lowest BCUT2D eigenvalue weighted by Gasteiger charge is -2.09. The molecule has 0 saturated carbocycles. The number of aryl methyl sites for hydroxylation is 1. The molecule has 1 aromatic heterocycles. The van der Waals surface area contributed by atoms with Gasteiger partial charge < -0.3 is 15.2 Å². The first-order valence-electron chi connectivity index (χ1n) is 6.15. The van der Waals surface area contributed by atoms with Gasteiger partial charge in [-0.05, 0) is 36.8 Å². The summed E-state index contributed by atoms with van der Waals surface area (Å²) in [4.78, 5) is 15.3. The van der Waals surface area contributed by atoms with Crippen LogP contribution in [-0.2, 0) is 11.3 Å². The number of carbonyl (C=O) groups is 1. The highest BCUT2D eigenvalue weighted by Crippen LogP contribution is 2.18. The van der Waals surface area contributed by atoms with Gasteiger partial charge in [-0.2, -0.15) is 0 Å². The van der Waals surface area contributed by atoms with Crippen molar-refractivity contribution >= 4 is 17.5 Å². The van der Waals surface area contributed by atoms with Gasteiger partial charge in [-0.1, -0.05) is 12.1 Å². The summed E-state index contributed by atoms with van der Waals surface area (Å²) >= 11 is 0. The van der Waals surface area contributed by atoms with E-state index >= 15 is 0 Å². The molecule has 20 heavy (non-hydrogen) atoms. The Kier molecular flexibility index (Phi) is 4.32. The van der Waals surface area contributed by atoms with Crippen LogP contribution in [0, 0.1) is 6.92 Å². The van der Waals surface area contributed by atoms with Crippen molar-refractivity contribution < 1.29 is 14.6 Å². The summed E-state index contributed by atoms with van der Waals surface area (Å²) in [6.45, 7) is 2.29. The number of carboxylic acids is 1. The molecule has 2 N–H and O–H groups in total. The van der Waals surface area contributed by atoms with Crippen LogP contribution in [0.2, 0.25) is 0 Å². The van der Waals surface area contributed by atoms with E-state index < -0.39 is 5.97 Å². The fourth-order valence-electron chi connectivity index (χ4n) is 1.91. The fraction of sp³-hybridized carbons (Fsp3) is 0.200. The van der Waals surface area contributed by atoms with Crippen molar-refractivity contribution in [2.24, 2.45) is 0 Å². The van der Waals surface area contributed by atoms with Crippen LogP contribution in [0.1, 0.15) is 21.6 Å². The Morgan fingerprint density at radius 1 is 1.35 bits per heavy atom. The number of methoxy groups -OCH3 is 1. The molecule has 2 aromatic rings. The number of hydrogen-bond donors (Lipinski definition) is 2.